The van der Waals surface area contributed by atoms with E-state index in [4.69, 9.17) is 9.47 Å². The minimum atomic E-state index is -0.827. The first-order valence-electron chi connectivity index (χ1n) is 9.42. The molecule has 30 heavy (non-hydrogen) atoms. The molecule has 0 unspecified atom stereocenters. The topological polar surface area (TPSA) is 55.7 Å². The zero-order chi connectivity index (χ0) is 21.3. The van der Waals surface area contributed by atoms with Crippen LogP contribution in [-0.2, 0) is 6.54 Å². The zero-order valence-corrected chi connectivity index (χ0v) is 16.6. The van der Waals surface area contributed by atoms with Gasteiger partial charge in [0, 0.05) is 25.0 Å². The first-order chi connectivity index (χ1) is 14.5. The van der Waals surface area contributed by atoms with Crippen molar-refractivity contribution in [3.63, 3.8) is 0 Å². The molecule has 2 aromatic carbocycles. The number of halogens is 2. The van der Waals surface area contributed by atoms with Crippen LogP contribution >= 0.6 is 0 Å². The van der Waals surface area contributed by atoms with Crippen LogP contribution in [0.4, 0.5) is 19.3 Å². The van der Waals surface area contributed by atoms with Crippen LogP contribution in [0.3, 0.4) is 0 Å². The number of hydrogen-bond acceptors (Lipinski definition) is 3. The fourth-order valence-electron chi connectivity index (χ4n) is 3.77. The standard InChI is InChI=1S/C22H21F2N3O3/c1-29-18-9-8-14(13-19(18)30-2)21-17-7-4-10-26(17)11-12-27(21)22(28)25-20-15(23)5-3-6-16(20)24/h3-10,13,21H,11-12H2,1-2H3,(H,25,28)/t21-/m1/s1. The Morgan fingerprint density at radius 1 is 1.00 bits per heavy atom. The molecule has 1 N–H and O–H groups in total. The lowest BCUT2D eigenvalue weighted by Gasteiger charge is -2.37. The number of ether oxygens (including phenoxy) is 2. The van der Waals surface area contributed by atoms with Crippen molar-refractivity contribution in [2.24, 2.45) is 0 Å². The number of fused-ring (bicyclic) bond motifs is 1. The molecule has 0 radical (unpaired) electrons. The van der Waals surface area contributed by atoms with Crippen molar-refractivity contribution in [3.05, 3.63) is 77.6 Å². The van der Waals surface area contributed by atoms with E-state index in [9.17, 15) is 13.6 Å². The fraction of sp³-hybridized carbons (Fsp3) is 0.227. The number of nitrogens with one attached hydrogen (secondary N) is 1. The molecule has 1 atom stereocenters. The summed E-state index contributed by atoms with van der Waals surface area (Å²) in [5, 5.41) is 2.39. The van der Waals surface area contributed by atoms with Gasteiger partial charge in [-0.25, -0.2) is 13.6 Å². The summed E-state index contributed by atoms with van der Waals surface area (Å²) < 4.78 is 40.9. The summed E-state index contributed by atoms with van der Waals surface area (Å²) in [4.78, 5) is 14.6. The van der Waals surface area contributed by atoms with Crippen molar-refractivity contribution >= 4 is 11.7 Å². The lowest BCUT2D eigenvalue weighted by atomic mass is 9.99. The third-order valence-corrected chi connectivity index (χ3v) is 5.22. The highest BCUT2D eigenvalue weighted by molar-refractivity contribution is 5.90. The van der Waals surface area contributed by atoms with Gasteiger partial charge in [0.05, 0.1) is 20.3 Å². The number of aromatic nitrogens is 1. The molecule has 2 amide bonds. The van der Waals surface area contributed by atoms with Gasteiger partial charge in [-0.15, -0.1) is 0 Å². The van der Waals surface area contributed by atoms with Gasteiger partial charge in [0.15, 0.2) is 11.5 Å². The summed E-state index contributed by atoms with van der Waals surface area (Å²) in [5.41, 5.74) is 1.21. The van der Waals surface area contributed by atoms with E-state index in [0.29, 0.717) is 24.6 Å². The maximum absolute atomic E-state index is 14.1. The highest BCUT2D eigenvalue weighted by Crippen LogP contribution is 2.37. The van der Waals surface area contributed by atoms with E-state index in [0.717, 1.165) is 23.4 Å². The summed E-state index contributed by atoms with van der Waals surface area (Å²) in [5.74, 6) is -0.561. The first kappa shape index (κ1) is 19.8. The number of hydrogen-bond donors (Lipinski definition) is 1. The van der Waals surface area contributed by atoms with Gasteiger partial charge in [0.1, 0.15) is 17.3 Å². The van der Waals surface area contributed by atoms with Crippen LogP contribution in [0.5, 0.6) is 11.5 Å². The number of nitrogens with zero attached hydrogens (tertiary/aromatic N) is 2. The van der Waals surface area contributed by atoms with Gasteiger partial charge in [-0.3, -0.25) is 0 Å². The number of para-hydroxylation sites is 1. The van der Waals surface area contributed by atoms with Crippen molar-refractivity contribution in [2.75, 3.05) is 26.1 Å². The van der Waals surface area contributed by atoms with Crippen LogP contribution in [0.2, 0.25) is 0 Å². The van der Waals surface area contributed by atoms with Gasteiger partial charge in [-0.1, -0.05) is 12.1 Å². The zero-order valence-electron chi connectivity index (χ0n) is 16.6. The molecule has 156 valence electrons. The van der Waals surface area contributed by atoms with Crippen molar-refractivity contribution < 1.29 is 23.0 Å². The fourth-order valence-corrected chi connectivity index (χ4v) is 3.77. The minimum Gasteiger partial charge on any atom is -0.493 e. The third-order valence-electron chi connectivity index (χ3n) is 5.22. The van der Waals surface area contributed by atoms with E-state index in [2.05, 4.69) is 9.88 Å². The second-order valence-corrected chi connectivity index (χ2v) is 6.86. The molecule has 0 aliphatic carbocycles. The van der Waals surface area contributed by atoms with E-state index in [-0.39, 0.29) is 0 Å². The minimum absolute atomic E-state index is 0.364. The number of urea groups is 1. The molecule has 1 aliphatic heterocycles. The van der Waals surface area contributed by atoms with Crippen LogP contribution in [0.1, 0.15) is 17.3 Å². The molecule has 0 bridgehead atoms. The number of carbonyl (C=O) groups excluding carboxylic acids is 1. The maximum Gasteiger partial charge on any atom is 0.322 e. The molecule has 1 aliphatic rings. The molecule has 0 fully saturated rings. The molecular formula is C22H21F2N3O3. The second kappa shape index (κ2) is 8.06. The summed E-state index contributed by atoms with van der Waals surface area (Å²) in [6, 6.07) is 11.6. The monoisotopic (exact) mass is 413 g/mol. The van der Waals surface area contributed by atoms with Crippen LogP contribution in [0, 0.1) is 11.6 Å². The highest BCUT2D eigenvalue weighted by Gasteiger charge is 2.33. The average Bonchev–Trinajstić information content (AvgIpc) is 3.24. The molecular weight excluding hydrogens is 392 g/mol. The van der Waals surface area contributed by atoms with Crippen molar-refractivity contribution in [3.8, 4) is 11.5 Å². The van der Waals surface area contributed by atoms with Gasteiger partial charge >= 0.3 is 6.03 Å². The van der Waals surface area contributed by atoms with Crippen molar-refractivity contribution in [1.29, 1.82) is 0 Å². The number of rotatable bonds is 4. The molecule has 6 nitrogen and oxygen atoms in total. The SMILES string of the molecule is COc1ccc([C@@H]2c3cccn3CCN2C(=O)Nc2c(F)cccc2F)cc1OC. The molecule has 2 heterocycles. The molecule has 0 saturated heterocycles. The number of methoxy groups -OCH3 is 2. The molecule has 0 spiro atoms. The Morgan fingerprint density at radius 2 is 1.73 bits per heavy atom. The largest absolute Gasteiger partial charge is 0.493 e. The first-order valence-corrected chi connectivity index (χ1v) is 9.42. The Balaban J connectivity index is 1.73. The predicted octanol–water partition coefficient (Wildman–Crippen LogP) is 4.42. The quantitative estimate of drug-likeness (QED) is 0.689. The van der Waals surface area contributed by atoms with Crippen LogP contribution in [0.15, 0.2) is 54.7 Å². The maximum atomic E-state index is 14.1. The molecule has 8 heteroatoms. The van der Waals surface area contributed by atoms with Gasteiger partial charge in [0.2, 0.25) is 0 Å². The third kappa shape index (κ3) is 3.45. The Hall–Kier alpha value is -3.55. The van der Waals surface area contributed by atoms with E-state index in [1.54, 1.807) is 24.1 Å². The number of amides is 2. The molecule has 0 saturated carbocycles. The Bertz CT molecular complexity index is 1060. The lowest BCUT2D eigenvalue weighted by Crippen LogP contribution is -2.44. The van der Waals surface area contributed by atoms with Crippen LogP contribution < -0.4 is 14.8 Å². The summed E-state index contributed by atoms with van der Waals surface area (Å²) >= 11 is 0. The second-order valence-electron chi connectivity index (χ2n) is 6.86. The molecule has 1 aromatic heterocycles. The number of benzene rings is 2. The summed E-state index contributed by atoms with van der Waals surface area (Å²) in [7, 11) is 3.09. The van der Waals surface area contributed by atoms with Gasteiger partial charge in [-0.05, 0) is 42.0 Å². The smallest absolute Gasteiger partial charge is 0.322 e. The van der Waals surface area contributed by atoms with Gasteiger partial charge in [-0.2, -0.15) is 0 Å². The van der Waals surface area contributed by atoms with Crippen LogP contribution in [0.25, 0.3) is 0 Å². The normalized spacial score (nSPS) is 15.5. The van der Waals surface area contributed by atoms with Crippen molar-refractivity contribution in [1.82, 2.24) is 9.47 Å². The van der Waals surface area contributed by atoms with E-state index < -0.39 is 29.4 Å². The summed E-state index contributed by atoms with van der Waals surface area (Å²) in [6.07, 6.45) is 1.94. The Labute approximate surface area is 172 Å². The number of carbonyl (C=O) groups is 1. The predicted molar refractivity (Wildman–Crippen MR) is 108 cm³/mol. The van der Waals surface area contributed by atoms with E-state index in [1.165, 1.54) is 13.2 Å². The average molecular weight is 413 g/mol. The van der Waals surface area contributed by atoms with Crippen LogP contribution in [-0.4, -0.2) is 36.3 Å². The lowest BCUT2D eigenvalue weighted by molar-refractivity contribution is 0.181. The van der Waals surface area contributed by atoms with Crippen molar-refractivity contribution in [2.45, 2.75) is 12.6 Å². The van der Waals surface area contributed by atoms with E-state index in [1.807, 2.05) is 24.4 Å². The molecule has 4 rings (SSSR count). The van der Waals surface area contributed by atoms with E-state index >= 15 is 0 Å². The molecule has 3 aromatic rings. The highest BCUT2D eigenvalue weighted by atomic mass is 19.1. The summed E-state index contributed by atoms with van der Waals surface area (Å²) in [6.45, 7) is 0.932. The van der Waals surface area contributed by atoms with Gasteiger partial charge in [0.25, 0.3) is 0 Å². The number of anilines is 1. The Morgan fingerprint density at radius 3 is 2.43 bits per heavy atom. The Kier molecular flexibility index (Phi) is 5.31. The van der Waals surface area contributed by atoms with Gasteiger partial charge < -0.3 is 24.3 Å².